The molecule has 0 saturated heterocycles. The fourth-order valence-corrected chi connectivity index (χ4v) is 3.65. The van der Waals surface area contributed by atoms with Crippen molar-refractivity contribution in [3.63, 3.8) is 0 Å². The third-order valence-electron chi connectivity index (χ3n) is 4.20. The molecule has 0 spiro atoms. The Hall–Kier alpha value is -2.62. The van der Waals surface area contributed by atoms with Crippen molar-refractivity contribution in [3.8, 4) is 17.6 Å². The third kappa shape index (κ3) is 5.71. The van der Waals surface area contributed by atoms with Gasteiger partial charge >= 0.3 is 0 Å². The molecule has 0 unspecified atom stereocenters. The topological polar surface area (TPSA) is 42.2 Å². The van der Waals surface area contributed by atoms with Crippen molar-refractivity contribution in [3.05, 3.63) is 92.1 Å². The van der Waals surface area contributed by atoms with Gasteiger partial charge in [0, 0.05) is 4.47 Å². The highest BCUT2D eigenvalue weighted by Crippen LogP contribution is 2.38. The average Bonchev–Trinajstić information content (AvgIpc) is 2.73. The van der Waals surface area contributed by atoms with E-state index in [1.54, 1.807) is 18.2 Å². The molecule has 3 nitrogen and oxygen atoms in total. The van der Waals surface area contributed by atoms with Crippen molar-refractivity contribution in [2.24, 2.45) is 0 Å². The third-order valence-corrected chi connectivity index (χ3v) is 5.31. The van der Waals surface area contributed by atoms with E-state index in [0.29, 0.717) is 40.3 Å². The summed E-state index contributed by atoms with van der Waals surface area (Å²) >= 11 is 6.97. The minimum Gasteiger partial charge on any atom is -0.490 e. The number of nitrogens with zero attached hydrogens (tertiary/aromatic N) is 1. The molecule has 0 amide bonds. The molecule has 0 aliphatic carbocycles. The maximum absolute atomic E-state index is 13.5. The van der Waals surface area contributed by atoms with Crippen LogP contribution in [0.25, 0.3) is 11.6 Å². The highest BCUT2D eigenvalue weighted by molar-refractivity contribution is 9.10. The number of ether oxygens (including phenoxy) is 2. The highest BCUT2D eigenvalue weighted by Gasteiger charge is 2.13. The Morgan fingerprint density at radius 2 is 1.83 bits per heavy atom. The monoisotopic (exact) mass is 529 g/mol. The van der Waals surface area contributed by atoms with Crippen LogP contribution in [0.3, 0.4) is 0 Å². The molecule has 0 N–H and O–H groups in total. The van der Waals surface area contributed by atoms with Gasteiger partial charge in [-0.05, 0) is 82.0 Å². The second-order valence-corrected chi connectivity index (χ2v) is 8.13. The summed E-state index contributed by atoms with van der Waals surface area (Å²) in [7, 11) is 0. The number of halogens is 3. The van der Waals surface area contributed by atoms with Crippen molar-refractivity contribution in [2.75, 3.05) is 6.61 Å². The Morgan fingerprint density at radius 1 is 1.07 bits per heavy atom. The molecule has 0 aromatic heterocycles. The maximum atomic E-state index is 13.5. The summed E-state index contributed by atoms with van der Waals surface area (Å²) in [6.45, 7) is 2.74. The largest absolute Gasteiger partial charge is 0.490 e. The van der Waals surface area contributed by atoms with Crippen LogP contribution in [0.2, 0.25) is 0 Å². The van der Waals surface area contributed by atoms with E-state index in [0.717, 1.165) is 15.6 Å². The van der Waals surface area contributed by atoms with Crippen LogP contribution in [0.5, 0.6) is 11.5 Å². The number of allylic oxidation sites excluding steroid dienone is 1. The van der Waals surface area contributed by atoms with Gasteiger partial charge in [-0.15, -0.1) is 0 Å². The van der Waals surface area contributed by atoms with E-state index < -0.39 is 0 Å². The Morgan fingerprint density at radius 3 is 2.50 bits per heavy atom. The SMILES string of the molecule is CCOc1cc(/C=C(/C#N)c2cccc(F)c2)cc(Br)c1OCc1ccc(Br)cc1. The van der Waals surface area contributed by atoms with Gasteiger partial charge in [-0.25, -0.2) is 4.39 Å². The van der Waals surface area contributed by atoms with Crippen molar-refractivity contribution < 1.29 is 13.9 Å². The minimum atomic E-state index is -0.387. The first kappa shape index (κ1) is 22.1. The molecule has 3 aromatic carbocycles. The molecule has 30 heavy (non-hydrogen) atoms. The summed E-state index contributed by atoms with van der Waals surface area (Å²) in [6.07, 6.45) is 1.69. The molecule has 0 fully saturated rings. The van der Waals surface area contributed by atoms with Gasteiger partial charge in [0.1, 0.15) is 12.4 Å². The van der Waals surface area contributed by atoms with Crippen LogP contribution in [0.1, 0.15) is 23.6 Å². The summed E-state index contributed by atoms with van der Waals surface area (Å²) < 4.78 is 27.0. The van der Waals surface area contributed by atoms with Crippen molar-refractivity contribution in [2.45, 2.75) is 13.5 Å². The van der Waals surface area contributed by atoms with Gasteiger partial charge in [-0.3, -0.25) is 0 Å². The Kier molecular flexibility index (Phi) is 7.67. The Bertz CT molecular complexity index is 1110. The second-order valence-electron chi connectivity index (χ2n) is 6.36. The van der Waals surface area contributed by atoms with Gasteiger partial charge in [-0.1, -0.05) is 40.2 Å². The lowest BCUT2D eigenvalue weighted by Crippen LogP contribution is -2.01. The predicted molar refractivity (Wildman–Crippen MR) is 124 cm³/mol. The van der Waals surface area contributed by atoms with Crippen molar-refractivity contribution >= 4 is 43.5 Å². The molecule has 0 heterocycles. The standard InChI is InChI=1S/C24H18Br2FNO2/c1-2-29-23-12-17(10-19(14-28)18-4-3-5-21(27)13-18)11-22(26)24(23)30-15-16-6-8-20(25)9-7-16/h3-13H,2,15H2,1H3/b19-10-. The first-order chi connectivity index (χ1) is 14.5. The van der Waals surface area contributed by atoms with Gasteiger partial charge in [0.25, 0.3) is 0 Å². The number of rotatable bonds is 7. The molecule has 0 saturated carbocycles. The van der Waals surface area contributed by atoms with Crippen LogP contribution < -0.4 is 9.47 Å². The summed E-state index contributed by atoms with van der Waals surface area (Å²) in [5.74, 6) is 0.759. The summed E-state index contributed by atoms with van der Waals surface area (Å²) in [4.78, 5) is 0. The van der Waals surface area contributed by atoms with Gasteiger partial charge in [0.05, 0.1) is 22.7 Å². The van der Waals surface area contributed by atoms with Gasteiger partial charge < -0.3 is 9.47 Å². The smallest absolute Gasteiger partial charge is 0.175 e. The van der Waals surface area contributed by atoms with Gasteiger partial charge in [0.2, 0.25) is 0 Å². The van der Waals surface area contributed by atoms with Crippen LogP contribution in [0.4, 0.5) is 4.39 Å². The molecule has 6 heteroatoms. The van der Waals surface area contributed by atoms with E-state index in [9.17, 15) is 9.65 Å². The number of benzene rings is 3. The molecular formula is C24H18Br2FNO2. The molecule has 0 aliphatic rings. The van der Waals surface area contributed by atoms with Gasteiger partial charge in [-0.2, -0.15) is 5.26 Å². The fraction of sp³-hybridized carbons (Fsp3) is 0.125. The fourth-order valence-electron chi connectivity index (χ4n) is 2.81. The number of hydrogen-bond acceptors (Lipinski definition) is 3. The number of nitriles is 1. The zero-order chi connectivity index (χ0) is 21.5. The maximum Gasteiger partial charge on any atom is 0.175 e. The molecule has 0 atom stereocenters. The van der Waals surface area contributed by atoms with Crippen LogP contribution in [-0.2, 0) is 6.61 Å². The molecule has 0 aliphatic heterocycles. The minimum absolute atomic E-state index is 0.354. The first-order valence-electron chi connectivity index (χ1n) is 9.21. The summed E-state index contributed by atoms with van der Waals surface area (Å²) in [5.41, 5.74) is 2.63. The molecular weight excluding hydrogens is 513 g/mol. The zero-order valence-corrected chi connectivity index (χ0v) is 19.3. The van der Waals surface area contributed by atoms with Crippen molar-refractivity contribution in [1.29, 1.82) is 5.26 Å². The molecule has 152 valence electrons. The van der Waals surface area contributed by atoms with Crippen LogP contribution in [0.15, 0.2) is 69.6 Å². The molecule has 3 rings (SSSR count). The van der Waals surface area contributed by atoms with Crippen LogP contribution >= 0.6 is 31.9 Å². The van der Waals surface area contributed by atoms with E-state index >= 15 is 0 Å². The van der Waals surface area contributed by atoms with E-state index in [1.165, 1.54) is 12.1 Å². The summed E-state index contributed by atoms with van der Waals surface area (Å²) in [6, 6.07) is 19.6. The second kappa shape index (κ2) is 10.4. The molecule has 0 radical (unpaired) electrons. The first-order valence-corrected chi connectivity index (χ1v) is 10.8. The lowest BCUT2D eigenvalue weighted by atomic mass is 10.0. The van der Waals surface area contributed by atoms with E-state index in [4.69, 9.17) is 9.47 Å². The molecule has 0 bridgehead atoms. The van der Waals surface area contributed by atoms with E-state index in [1.807, 2.05) is 43.3 Å². The van der Waals surface area contributed by atoms with Crippen LogP contribution in [-0.4, -0.2) is 6.61 Å². The molecule has 3 aromatic rings. The highest BCUT2D eigenvalue weighted by atomic mass is 79.9. The lowest BCUT2D eigenvalue weighted by Gasteiger charge is -2.15. The Balaban J connectivity index is 1.92. The predicted octanol–water partition coefficient (Wildman–Crippen LogP) is 7.39. The summed E-state index contributed by atoms with van der Waals surface area (Å²) in [5, 5.41) is 9.55. The average molecular weight is 531 g/mol. The van der Waals surface area contributed by atoms with Crippen molar-refractivity contribution in [1.82, 2.24) is 0 Å². The van der Waals surface area contributed by atoms with E-state index in [-0.39, 0.29) is 5.82 Å². The van der Waals surface area contributed by atoms with E-state index in [2.05, 4.69) is 37.9 Å². The van der Waals surface area contributed by atoms with Gasteiger partial charge in [0.15, 0.2) is 11.5 Å². The quantitative estimate of drug-likeness (QED) is 0.236. The normalized spacial score (nSPS) is 11.1. The number of hydrogen-bond donors (Lipinski definition) is 0. The lowest BCUT2D eigenvalue weighted by molar-refractivity contribution is 0.267. The van der Waals surface area contributed by atoms with Crippen LogP contribution in [0, 0.1) is 17.1 Å². The Labute approximate surface area is 192 Å². The zero-order valence-electron chi connectivity index (χ0n) is 16.2.